The average Bonchev–Trinajstić information content (AvgIpc) is 3.33. The van der Waals surface area contributed by atoms with E-state index in [1.54, 1.807) is 21.1 Å². The average molecular weight is 585 g/mol. The Morgan fingerprint density at radius 1 is 1.12 bits per heavy atom. The van der Waals surface area contributed by atoms with Gasteiger partial charge in [0.05, 0.1) is 19.8 Å². The number of halogens is 1. The van der Waals surface area contributed by atoms with E-state index >= 15 is 0 Å². The molecule has 2 aromatic rings. The highest BCUT2D eigenvalue weighted by Crippen LogP contribution is 2.31. The van der Waals surface area contributed by atoms with Crippen LogP contribution in [-0.4, -0.2) is 67.3 Å². The number of hydrogen-bond donors (Lipinski definition) is 3. The van der Waals surface area contributed by atoms with E-state index in [0.717, 1.165) is 18.4 Å². The first-order valence-corrected chi connectivity index (χ1v) is 13.9. The van der Waals surface area contributed by atoms with Gasteiger partial charge in [-0.3, -0.25) is 4.79 Å². The molecule has 11 heteroatoms. The van der Waals surface area contributed by atoms with Gasteiger partial charge in [0.25, 0.3) is 0 Å². The van der Waals surface area contributed by atoms with Crippen LogP contribution in [0.3, 0.4) is 0 Å². The molecule has 0 unspecified atom stereocenters. The molecule has 4 N–H and O–H groups in total. The number of benzene rings is 1. The minimum absolute atomic E-state index is 0. The molecule has 2 rings (SSSR count). The summed E-state index contributed by atoms with van der Waals surface area (Å²) in [5.41, 5.74) is 7.58. The molecule has 0 saturated carbocycles. The largest absolute Gasteiger partial charge is 0.493 e. The zero-order valence-electron chi connectivity index (χ0n) is 24.9. The Labute approximate surface area is 245 Å². The zero-order chi connectivity index (χ0) is 28.8. The predicted octanol–water partition coefficient (Wildman–Crippen LogP) is 3.89. The summed E-state index contributed by atoms with van der Waals surface area (Å²) in [6, 6.07) is 5.56. The summed E-state index contributed by atoms with van der Waals surface area (Å²) in [5.74, 6) is 2.74. The lowest BCUT2D eigenvalue weighted by Crippen LogP contribution is -2.41. The molecule has 10 nitrogen and oxygen atoms in total. The van der Waals surface area contributed by atoms with E-state index in [1.165, 1.54) is 0 Å². The number of aromatic nitrogens is 2. The maximum atomic E-state index is 12.5. The molecule has 4 atom stereocenters. The zero-order valence-corrected chi connectivity index (χ0v) is 25.7. The Hall–Kier alpha value is -2.40. The number of nitrogens with two attached hydrogens (primary N) is 1. The third-order valence-corrected chi connectivity index (χ3v) is 6.97. The number of carbonyl (C=O) groups is 1. The maximum Gasteiger partial charge on any atom is 0.226 e. The van der Waals surface area contributed by atoms with Crippen molar-refractivity contribution in [3.63, 3.8) is 0 Å². The van der Waals surface area contributed by atoms with Gasteiger partial charge in [0.1, 0.15) is 0 Å². The standard InChI is InChI=1S/C29H48N4O6.ClH/c1-19(2)23(16-22-10-11-26(37-6)27(17-22)38-14-8-13-36-5)18-24(30)25(34)15-20(3)29(35)31-12-7-9-28-32-21(4)33-39-28;/h10-11,17,19-20,23-25,34H,7-9,12-16,18,30H2,1-6H3,(H,31,35);1H/t20-,23+,24+,25+;/m1./s1. The van der Waals surface area contributed by atoms with E-state index in [-0.39, 0.29) is 30.2 Å². The highest BCUT2D eigenvalue weighted by molar-refractivity contribution is 5.85. The van der Waals surface area contributed by atoms with Gasteiger partial charge in [-0.15, -0.1) is 12.4 Å². The highest BCUT2D eigenvalue weighted by Gasteiger charge is 2.26. The number of carbonyl (C=O) groups excluding carboxylic acids is 1. The molecular formula is C29H49ClN4O6. The van der Waals surface area contributed by atoms with Crippen molar-refractivity contribution in [2.75, 3.05) is 34.0 Å². The van der Waals surface area contributed by atoms with Gasteiger partial charge in [0, 0.05) is 45.1 Å². The van der Waals surface area contributed by atoms with Crippen molar-refractivity contribution in [1.29, 1.82) is 0 Å². The van der Waals surface area contributed by atoms with Crippen LogP contribution in [0.1, 0.15) is 63.7 Å². The van der Waals surface area contributed by atoms with Crippen LogP contribution in [0.4, 0.5) is 0 Å². The predicted molar refractivity (Wildman–Crippen MR) is 157 cm³/mol. The number of methoxy groups -OCH3 is 2. The van der Waals surface area contributed by atoms with E-state index in [9.17, 15) is 9.90 Å². The minimum Gasteiger partial charge on any atom is -0.493 e. The normalized spacial score (nSPS) is 14.2. The van der Waals surface area contributed by atoms with Crippen LogP contribution in [0.5, 0.6) is 11.5 Å². The molecule has 40 heavy (non-hydrogen) atoms. The van der Waals surface area contributed by atoms with Crippen molar-refractivity contribution >= 4 is 18.3 Å². The molecule has 228 valence electrons. The van der Waals surface area contributed by atoms with Gasteiger partial charge < -0.3 is 34.9 Å². The topological polar surface area (TPSA) is 142 Å². The lowest BCUT2D eigenvalue weighted by atomic mass is 9.82. The first kappa shape index (κ1) is 35.6. The van der Waals surface area contributed by atoms with Gasteiger partial charge in [-0.1, -0.05) is 32.0 Å². The molecule has 1 amide bonds. The Morgan fingerprint density at radius 3 is 2.50 bits per heavy atom. The summed E-state index contributed by atoms with van der Waals surface area (Å²) in [5, 5.41) is 17.5. The monoisotopic (exact) mass is 584 g/mol. The summed E-state index contributed by atoms with van der Waals surface area (Å²) in [6.07, 6.45) is 3.07. The second-order valence-electron chi connectivity index (χ2n) is 10.6. The summed E-state index contributed by atoms with van der Waals surface area (Å²) in [6.45, 7) is 9.61. The van der Waals surface area contributed by atoms with E-state index in [1.807, 2.05) is 25.1 Å². The molecule has 1 aromatic carbocycles. The first-order valence-electron chi connectivity index (χ1n) is 13.9. The Kier molecular flexibility index (Phi) is 16.8. The Bertz CT molecular complexity index is 989. The molecule has 0 bridgehead atoms. The molecule has 1 heterocycles. The van der Waals surface area contributed by atoms with Crippen molar-refractivity contribution in [2.45, 2.75) is 78.4 Å². The van der Waals surface area contributed by atoms with E-state index in [2.05, 4.69) is 29.3 Å². The minimum atomic E-state index is -0.774. The van der Waals surface area contributed by atoms with Crippen LogP contribution in [0.15, 0.2) is 22.7 Å². The molecule has 0 aliphatic carbocycles. The van der Waals surface area contributed by atoms with Crippen LogP contribution in [0, 0.1) is 24.7 Å². The lowest BCUT2D eigenvalue weighted by molar-refractivity contribution is -0.125. The molecule has 0 spiro atoms. The number of aliphatic hydroxyl groups is 1. The van der Waals surface area contributed by atoms with Gasteiger partial charge >= 0.3 is 0 Å². The molecule has 0 aliphatic rings. The van der Waals surface area contributed by atoms with E-state index in [0.29, 0.717) is 74.6 Å². The first-order chi connectivity index (χ1) is 18.6. The van der Waals surface area contributed by atoms with Crippen LogP contribution < -0.4 is 20.5 Å². The second-order valence-corrected chi connectivity index (χ2v) is 10.6. The molecule has 0 saturated heterocycles. The molecule has 0 radical (unpaired) electrons. The number of amides is 1. The number of aliphatic hydroxyl groups excluding tert-OH is 1. The van der Waals surface area contributed by atoms with Crippen LogP contribution in [-0.2, 0) is 22.4 Å². The number of rotatable bonds is 19. The van der Waals surface area contributed by atoms with Crippen molar-refractivity contribution in [3.05, 3.63) is 35.5 Å². The van der Waals surface area contributed by atoms with Crippen molar-refractivity contribution in [1.82, 2.24) is 15.5 Å². The van der Waals surface area contributed by atoms with Crippen LogP contribution in [0.25, 0.3) is 0 Å². The van der Waals surface area contributed by atoms with Crippen LogP contribution >= 0.6 is 12.4 Å². The molecular weight excluding hydrogens is 536 g/mol. The fourth-order valence-electron chi connectivity index (χ4n) is 4.46. The molecule has 1 aromatic heterocycles. The number of aryl methyl sites for hydroxylation is 2. The lowest BCUT2D eigenvalue weighted by Gasteiger charge is -2.28. The van der Waals surface area contributed by atoms with E-state index < -0.39 is 12.1 Å². The third kappa shape index (κ3) is 12.4. The van der Waals surface area contributed by atoms with Gasteiger partial charge in [-0.25, -0.2) is 0 Å². The summed E-state index contributed by atoms with van der Waals surface area (Å²) in [4.78, 5) is 16.7. The van der Waals surface area contributed by atoms with Gasteiger partial charge in [0.2, 0.25) is 11.8 Å². The quantitative estimate of drug-likeness (QED) is 0.210. The van der Waals surface area contributed by atoms with Gasteiger partial charge in [-0.2, -0.15) is 4.98 Å². The molecule has 0 aliphatic heterocycles. The van der Waals surface area contributed by atoms with E-state index in [4.69, 9.17) is 24.5 Å². The smallest absolute Gasteiger partial charge is 0.226 e. The Morgan fingerprint density at radius 2 is 1.88 bits per heavy atom. The van der Waals surface area contributed by atoms with Crippen molar-refractivity contribution in [2.24, 2.45) is 23.5 Å². The third-order valence-electron chi connectivity index (χ3n) is 6.97. The second kappa shape index (κ2) is 18.9. The summed E-state index contributed by atoms with van der Waals surface area (Å²) < 4.78 is 21.6. The number of nitrogens with zero attached hydrogens (tertiary/aromatic N) is 2. The number of hydrogen-bond acceptors (Lipinski definition) is 9. The highest BCUT2D eigenvalue weighted by atomic mass is 35.5. The maximum absolute atomic E-state index is 12.5. The van der Waals surface area contributed by atoms with Gasteiger partial charge in [0.15, 0.2) is 17.3 Å². The fourth-order valence-corrected chi connectivity index (χ4v) is 4.46. The molecule has 0 fully saturated rings. The SMILES string of the molecule is COCCCOc1cc(C[C@@H](C[C@H](N)[C@@H](O)C[C@@H](C)C(=O)NCCCc2nc(C)no2)C(C)C)ccc1OC.Cl. The fraction of sp³-hybridized carbons (Fsp3) is 0.690. The van der Waals surface area contributed by atoms with Crippen molar-refractivity contribution < 1.29 is 28.6 Å². The summed E-state index contributed by atoms with van der Waals surface area (Å²) >= 11 is 0. The van der Waals surface area contributed by atoms with Crippen LogP contribution in [0.2, 0.25) is 0 Å². The summed E-state index contributed by atoms with van der Waals surface area (Å²) in [7, 11) is 3.30. The van der Waals surface area contributed by atoms with Crippen molar-refractivity contribution in [3.8, 4) is 11.5 Å². The number of nitrogens with one attached hydrogen (secondary N) is 1. The number of ether oxygens (including phenoxy) is 3. The van der Waals surface area contributed by atoms with Gasteiger partial charge in [-0.05, 0) is 62.1 Å². The Balaban J connectivity index is 0.00000800.